The van der Waals surface area contributed by atoms with E-state index in [1.54, 1.807) is 11.3 Å². The van der Waals surface area contributed by atoms with Crippen LogP contribution in [0.1, 0.15) is 24.3 Å². The van der Waals surface area contributed by atoms with E-state index in [9.17, 15) is 5.11 Å². The van der Waals surface area contributed by atoms with Crippen LogP contribution in [0.5, 0.6) is 0 Å². The molecule has 1 aromatic carbocycles. The highest BCUT2D eigenvalue weighted by molar-refractivity contribution is 7.18. The molecule has 0 amide bonds. The molecule has 0 saturated heterocycles. The fourth-order valence-corrected chi connectivity index (χ4v) is 2.59. The zero-order valence-corrected chi connectivity index (χ0v) is 8.92. The predicted molar refractivity (Wildman–Crippen MR) is 59.7 cm³/mol. The molecule has 1 aromatic heterocycles. The van der Waals surface area contributed by atoms with Crippen LogP contribution in [0.25, 0.3) is 10.2 Å². The van der Waals surface area contributed by atoms with Gasteiger partial charge in [-0.1, -0.05) is 19.1 Å². The van der Waals surface area contributed by atoms with E-state index in [1.165, 1.54) is 4.70 Å². The molecule has 0 aliphatic rings. The van der Waals surface area contributed by atoms with Gasteiger partial charge in [-0.2, -0.15) is 0 Å². The molecule has 0 saturated carbocycles. The summed E-state index contributed by atoms with van der Waals surface area (Å²) in [7, 11) is 0. The number of aliphatic hydroxyl groups excluding tert-OH is 1. The van der Waals surface area contributed by atoms with Crippen molar-refractivity contribution in [3.05, 3.63) is 29.3 Å². The van der Waals surface area contributed by atoms with Crippen LogP contribution in [-0.4, -0.2) is 16.7 Å². The Balaban J connectivity index is 2.43. The summed E-state index contributed by atoms with van der Waals surface area (Å²) in [6.07, 6.45) is 0.941. The minimum Gasteiger partial charge on any atom is -0.396 e. The topological polar surface area (TPSA) is 33.1 Å². The molecule has 0 spiro atoms. The van der Waals surface area contributed by atoms with Crippen LogP contribution < -0.4 is 0 Å². The van der Waals surface area contributed by atoms with Crippen molar-refractivity contribution in [2.24, 2.45) is 0 Å². The molecule has 2 nitrogen and oxygen atoms in total. The molecule has 0 radical (unpaired) electrons. The monoisotopic (exact) mass is 207 g/mol. The highest BCUT2D eigenvalue weighted by Gasteiger charge is 2.12. The number of hydrogen-bond donors (Lipinski definition) is 1. The first kappa shape index (κ1) is 9.62. The summed E-state index contributed by atoms with van der Waals surface area (Å²) in [4.78, 5) is 4.51. The second-order valence-corrected chi connectivity index (χ2v) is 4.37. The fraction of sp³-hybridized carbons (Fsp3) is 0.364. The van der Waals surface area contributed by atoms with Gasteiger partial charge in [-0.3, -0.25) is 0 Å². The molecule has 2 rings (SSSR count). The number of benzene rings is 1. The Morgan fingerprint density at radius 2 is 2.21 bits per heavy atom. The zero-order chi connectivity index (χ0) is 9.97. The zero-order valence-electron chi connectivity index (χ0n) is 8.10. The van der Waals surface area contributed by atoms with Crippen LogP contribution in [0.3, 0.4) is 0 Å². The van der Waals surface area contributed by atoms with Gasteiger partial charge in [0, 0.05) is 5.92 Å². The molecule has 74 valence electrons. The molecule has 3 heteroatoms. The van der Waals surface area contributed by atoms with Gasteiger partial charge in [-0.05, 0) is 18.6 Å². The van der Waals surface area contributed by atoms with E-state index in [0.29, 0.717) is 0 Å². The van der Waals surface area contributed by atoms with Gasteiger partial charge in [0.1, 0.15) is 0 Å². The summed E-state index contributed by atoms with van der Waals surface area (Å²) >= 11 is 1.68. The van der Waals surface area contributed by atoms with Crippen molar-refractivity contribution >= 4 is 21.6 Å². The number of thiazole rings is 1. The van der Waals surface area contributed by atoms with E-state index in [1.807, 2.05) is 18.2 Å². The van der Waals surface area contributed by atoms with Crippen LogP contribution in [0.2, 0.25) is 0 Å². The summed E-state index contributed by atoms with van der Waals surface area (Å²) in [5.74, 6) is 0.201. The quantitative estimate of drug-likeness (QED) is 0.839. The fourth-order valence-electron chi connectivity index (χ4n) is 1.45. The lowest BCUT2D eigenvalue weighted by atomic mass is 10.1. The molecule has 1 unspecified atom stereocenters. The smallest absolute Gasteiger partial charge is 0.0992 e. The second kappa shape index (κ2) is 4.07. The number of nitrogens with zero attached hydrogens (tertiary/aromatic N) is 1. The third-order valence-electron chi connectivity index (χ3n) is 2.37. The van der Waals surface area contributed by atoms with Gasteiger partial charge in [-0.15, -0.1) is 11.3 Å². The molecule has 0 fully saturated rings. The van der Waals surface area contributed by atoms with Gasteiger partial charge in [0.05, 0.1) is 21.8 Å². The van der Waals surface area contributed by atoms with Crippen LogP contribution in [0.4, 0.5) is 0 Å². The lowest BCUT2D eigenvalue weighted by Gasteiger charge is -2.05. The number of aliphatic hydroxyl groups is 1. The number of para-hydroxylation sites is 1. The molecule has 14 heavy (non-hydrogen) atoms. The van der Waals surface area contributed by atoms with Crippen molar-refractivity contribution in [1.29, 1.82) is 0 Å². The lowest BCUT2D eigenvalue weighted by molar-refractivity contribution is 0.262. The minimum atomic E-state index is 0.191. The molecule has 1 N–H and O–H groups in total. The molecule has 0 aliphatic carbocycles. The van der Waals surface area contributed by atoms with Gasteiger partial charge in [0.2, 0.25) is 0 Å². The van der Waals surface area contributed by atoms with Crippen molar-refractivity contribution in [3.63, 3.8) is 0 Å². The molecule has 1 atom stereocenters. The Kier molecular flexibility index (Phi) is 2.79. The summed E-state index contributed by atoms with van der Waals surface area (Å²) in [5.41, 5.74) is 1.04. The number of rotatable bonds is 3. The van der Waals surface area contributed by atoms with Gasteiger partial charge in [0.25, 0.3) is 0 Å². The molecular formula is C11H13NOS. The average molecular weight is 207 g/mol. The van der Waals surface area contributed by atoms with Crippen LogP contribution >= 0.6 is 11.3 Å². The number of fused-ring (bicyclic) bond motifs is 1. The van der Waals surface area contributed by atoms with E-state index in [4.69, 9.17) is 0 Å². The van der Waals surface area contributed by atoms with Gasteiger partial charge < -0.3 is 5.11 Å². The molecular weight excluding hydrogens is 194 g/mol. The highest BCUT2D eigenvalue weighted by atomic mass is 32.1. The summed E-state index contributed by atoms with van der Waals surface area (Å²) < 4.78 is 1.20. The third kappa shape index (κ3) is 1.65. The Morgan fingerprint density at radius 1 is 1.43 bits per heavy atom. The van der Waals surface area contributed by atoms with Gasteiger partial charge in [-0.25, -0.2) is 4.98 Å². The van der Waals surface area contributed by atoms with E-state index in [0.717, 1.165) is 16.9 Å². The highest BCUT2D eigenvalue weighted by Crippen LogP contribution is 2.28. The van der Waals surface area contributed by atoms with Crippen molar-refractivity contribution in [2.75, 3.05) is 6.61 Å². The van der Waals surface area contributed by atoms with E-state index < -0.39 is 0 Å². The van der Waals surface area contributed by atoms with Crippen molar-refractivity contribution in [3.8, 4) is 0 Å². The maximum atomic E-state index is 9.17. The first-order valence-corrected chi connectivity index (χ1v) is 5.63. The first-order chi connectivity index (χ1) is 6.85. The van der Waals surface area contributed by atoms with Gasteiger partial charge in [0.15, 0.2) is 0 Å². The van der Waals surface area contributed by atoms with Gasteiger partial charge >= 0.3 is 0 Å². The van der Waals surface area contributed by atoms with Crippen molar-refractivity contribution in [1.82, 2.24) is 4.98 Å². The number of hydrogen-bond acceptors (Lipinski definition) is 3. The largest absolute Gasteiger partial charge is 0.396 e. The standard InChI is InChI=1S/C11H13NOS/c1-2-8(7-13)11-12-9-5-3-4-6-10(9)14-11/h3-6,8,13H,2,7H2,1H3. The van der Waals surface area contributed by atoms with Crippen molar-refractivity contribution in [2.45, 2.75) is 19.3 Å². The maximum absolute atomic E-state index is 9.17. The van der Waals surface area contributed by atoms with E-state index >= 15 is 0 Å². The number of aromatic nitrogens is 1. The van der Waals surface area contributed by atoms with E-state index in [-0.39, 0.29) is 12.5 Å². The minimum absolute atomic E-state index is 0.191. The molecule has 0 bridgehead atoms. The lowest BCUT2D eigenvalue weighted by Crippen LogP contribution is -2.01. The molecule has 1 heterocycles. The Hall–Kier alpha value is -0.930. The Bertz CT molecular complexity index is 387. The summed E-state index contributed by atoms with van der Waals surface area (Å²) in [5, 5.41) is 10.2. The summed E-state index contributed by atoms with van der Waals surface area (Å²) in [6, 6.07) is 8.09. The van der Waals surface area contributed by atoms with Crippen LogP contribution in [-0.2, 0) is 0 Å². The predicted octanol–water partition coefficient (Wildman–Crippen LogP) is 2.78. The SMILES string of the molecule is CCC(CO)c1nc2ccccc2s1. The molecule has 0 aliphatic heterocycles. The second-order valence-electron chi connectivity index (χ2n) is 3.31. The Labute approximate surface area is 87.2 Å². The normalized spacial score (nSPS) is 13.3. The maximum Gasteiger partial charge on any atom is 0.0992 e. The third-order valence-corrected chi connectivity index (χ3v) is 3.57. The van der Waals surface area contributed by atoms with Crippen molar-refractivity contribution < 1.29 is 5.11 Å². The average Bonchev–Trinajstić information content (AvgIpc) is 2.63. The van der Waals surface area contributed by atoms with Crippen LogP contribution in [0, 0.1) is 0 Å². The first-order valence-electron chi connectivity index (χ1n) is 4.81. The van der Waals surface area contributed by atoms with Crippen LogP contribution in [0.15, 0.2) is 24.3 Å². The Morgan fingerprint density at radius 3 is 2.86 bits per heavy atom. The van der Waals surface area contributed by atoms with E-state index in [2.05, 4.69) is 18.0 Å². The molecule has 2 aromatic rings. The summed E-state index contributed by atoms with van der Waals surface area (Å²) in [6.45, 7) is 2.27.